The molecule has 1 amide bonds. The van der Waals surface area contributed by atoms with E-state index in [2.05, 4.69) is 22.3 Å². The number of nitrogens with zero attached hydrogens (tertiary/aromatic N) is 2. The lowest BCUT2D eigenvalue weighted by atomic mass is 9.65. The van der Waals surface area contributed by atoms with Gasteiger partial charge in [0.05, 0.1) is 23.4 Å². The topological polar surface area (TPSA) is 89.2 Å². The Morgan fingerprint density at radius 3 is 2.63 bits per heavy atom. The van der Waals surface area contributed by atoms with Gasteiger partial charge in [0.1, 0.15) is 11.9 Å². The Morgan fingerprint density at radius 1 is 1.23 bits per heavy atom. The van der Waals surface area contributed by atoms with Crippen molar-refractivity contribution in [2.24, 2.45) is 10.7 Å². The fraction of sp³-hybridized carbons (Fsp3) is 0.429. The standard InChI is InChI=1S/C28H34N4O3/c1-3-34-25(30-20-8-5-4-6-9-20)18-23(29)19-16-22-26(31-27(33)28(22)12-7-13-28)24(17-19)35-21-10-14-32(2)15-11-21/h4-6,8-9,16-18,21H,3,7,10-15,29H2,1-2H3,(H,31,33). The molecule has 7 nitrogen and oxygen atoms in total. The van der Waals surface area contributed by atoms with Gasteiger partial charge in [-0.05, 0) is 69.5 Å². The molecule has 0 radical (unpaired) electrons. The number of likely N-dealkylation sites (tertiary alicyclic amines) is 1. The van der Waals surface area contributed by atoms with Crippen LogP contribution in [0, 0.1) is 0 Å². The minimum Gasteiger partial charge on any atom is -0.488 e. The van der Waals surface area contributed by atoms with E-state index in [4.69, 9.17) is 15.2 Å². The van der Waals surface area contributed by atoms with E-state index in [0.717, 1.165) is 67.7 Å². The van der Waals surface area contributed by atoms with Crippen molar-refractivity contribution in [3.05, 3.63) is 59.7 Å². The first-order chi connectivity index (χ1) is 17.0. The molecular weight excluding hydrogens is 440 g/mol. The van der Waals surface area contributed by atoms with Gasteiger partial charge in [0, 0.05) is 30.4 Å². The number of rotatable bonds is 6. The van der Waals surface area contributed by atoms with E-state index in [9.17, 15) is 4.79 Å². The molecule has 0 unspecified atom stereocenters. The number of benzene rings is 2. The smallest absolute Gasteiger partial charge is 0.235 e. The quantitative estimate of drug-likeness (QED) is 0.472. The zero-order chi connectivity index (χ0) is 24.4. The number of amides is 1. The maximum atomic E-state index is 13.0. The van der Waals surface area contributed by atoms with E-state index in [1.54, 1.807) is 6.08 Å². The van der Waals surface area contributed by atoms with Crippen molar-refractivity contribution < 1.29 is 14.3 Å². The number of piperidine rings is 1. The summed E-state index contributed by atoms with van der Waals surface area (Å²) in [6, 6.07) is 13.7. The van der Waals surface area contributed by atoms with Crippen molar-refractivity contribution in [2.75, 3.05) is 32.1 Å². The van der Waals surface area contributed by atoms with Crippen LogP contribution in [0.4, 0.5) is 11.4 Å². The van der Waals surface area contributed by atoms with Crippen LogP contribution in [0.25, 0.3) is 5.70 Å². The molecule has 1 spiro atoms. The van der Waals surface area contributed by atoms with Gasteiger partial charge in [-0.3, -0.25) is 4.79 Å². The number of aliphatic imine (C=N–C) groups is 1. The molecule has 2 aliphatic heterocycles. The monoisotopic (exact) mass is 474 g/mol. The largest absolute Gasteiger partial charge is 0.488 e. The van der Waals surface area contributed by atoms with Gasteiger partial charge in [-0.15, -0.1) is 0 Å². The number of para-hydroxylation sites is 1. The summed E-state index contributed by atoms with van der Waals surface area (Å²) < 4.78 is 12.3. The third kappa shape index (κ3) is 4.65. The molecule has 2 heterocycles. The number of carbonyl (C=O) groups excluding carboxylic acids is 1. The van der Waals surface area contributed by atoms with Crippen molar-refractivity contribution in [3.63, 3.8) is 0 Å². The summed E-state index contributed by atoms with van der Waals surface area (Å²) in [5, 5.41) is 3.13. The molecule has 3 aliphatic rings. The predicted octanol–water partition coefficient (Wildman–Crippen LogP) is 4.60. The lowest BCUT2D eigenvalue weighted by Gasteiger charge is -2.36. The second-order valence-electron chi connectivity index (χ2n) is 9.73. The van der Waals surface area contributed by atoms with Crippen LogP contribution in [0.2, 0.25) is 0 Å². The highest BCUT2D eigenvalue weighted by atomic mass is 16.5. The Kier molecular flexibility index (Phi) is 6.52. The number of ether oxygens (including phenoxy) is 2. The average molecular weight is 475 g/mol. The minimum absolute atomic E-state index is 0.0762. The average Bonchev–Trinajstić information content (AvgIpc) is 3.13. The Labute approximate surface area is 207 Å². The summed E-state index contributed by atoms with van der Waals surface area (Å²) in [6.07, 6.45) is 6.54. The minimum atomic E-state index is -0.461. The lowest BCUT2D eigenvalue weighted by molar-refractivity contribution is -0.123. The molecule has 184 valence electrons. The molecule has 3 N–H and O–H groups in total. The summed E-state index contributed by atoms with van der Waals surface area (Å²) >= 11 is 0. The van der Waals surface area contributed by atoms with Crippen molar-refractivity contribution >= 4 is 28.9 Å². The van der Waals surface area contributed by atoms with E-state index in [0.29, 0.717) is 24.0 Å². The Hall–Kier alpha value is -3.32. The van der Waals surface area contributed by atoms with Gasteiger partial charge in [0.15, 0.2) is 0 Å². The van der Waals surface area contributed by atoms with E-state index in [1.807, 2.05) is 49.4 Å². The first kappa shape index (κ1) is 23.4. The van der Waals surface area contributed by atoms with Gasteiger partial charge in [0.25, 0.3) is 0 Å². The van der Waals surface area contributed by atoms with E-state index in [1.165, 1.54) is 0 Å². The third-order valence-corrected chi connectivity index (χ3v) is 7.36. The number of nitrogens with two attached hydrogens (primary N) is 1. The molecule has 1 aliphatic carbocycles. The second kappa shape index (κ2) is 9.74. The van der Waals surface area contributed by atoms with Crippen LogP contribution >= 0.6 is 0 Å². The number of anilines is 1. The number of hydrogen-bond acceptors (Lipinski definition) is 6. The fourth-order valence-corrected chi connectivity index (χ4v) is 5.15. The third-order valence-electron chi connectivity index (χ3n) is 7.36. The van der Waals surface area contributed by atoms with Crippen LogP contribution in [-0.2, 0) is 14.9 Å². The maximum Gasteiger partial charge on any atom is 0.235 e. The van der Waals surface area contributed by atoms with Crippen molar-refractivity contribution in [2.45, 2.75) is 50.5 Å². The van der Waals surface area contributed by atoms with Crippen LogP contribution in [-0.4, -0.2) is 49.6 Å². The number of fused-ring (bicyclic) bond motifs is 2. The summed E-state index contributed by atoms with van der Waals surface area (Å²) in [6.45, 7) is 4.40. The second-order valence-corrected chi connectivity index (χ2v) is 9.73. The van der Waals surface area contributed by atoms with Crippen molar-refractivity contribution in [1.29, 1.82) is 0 Å². The summed E-state index contributed by atoms with van der Waals surface area (Å²) in [5.41, 5.74) is 10.1. The van der Waals surface area contributed by atoms with Gasteiger partial charge in [-0.25, -0.2) is 4.99 Å². The number of carbonyl (C=O) groups is 1. The highest BCUT2D eigenvalue weighted by molar-refractivity contribution is 6.09. The highest BCUT2D eigenvalue weighted by Gasteiger charge is 2.52. The highest BCUT2D eigenvalue weighted by Crippen LogP contribution is 2.54. The lowest BCUT2D eigenvalue weighted by Crippen LogP contribution is -2.40. The van der Waals surface area contributed by atoms with Gasteiger partial charge < -0.3 is 25.4 Å². The SMILES string of the molecule is CCOC(C=C(N)c1cc(OC2CCN(C)CC2)c2c(c1)C1(CCC1)C(=O)N2)=Nc1ccccc1. The number of hydrogen-bond donors (Lipinski definition) is 2. The molecule has 35 heavy (non-hydrogen) atoms. The molecule has 2 aromatic rings. The van der Waals surface area contributed by atoms with E-state index in [-0.39, 0.29) is 12.0 Å². The Morgan fingerprint density at radius 2 is 1.97 bits per heavy atom. The van der Waals surface area contributed by atoms with Crippen LogP contribution < -0.4 is 15.8 Å². The molecule has 0 aromatic heterocycles. The molecular formula is C28H34N4O3. The van der Waals surface area contributed by atoms with Crippen LogP contribution in [0.1, 0.15) is 50.2 Å². The molecule has 0 atom stereocenters. The Bertz CT molecular complexity index is 1150. The zero-order valence-electron chi connectivity index (χ0n) is 20.5. The maximum absolute atomic E-state index is 13.0. The summed E-state index contributed by atoms with van der Waals surface area (Å²) in [4.78, 5) is 19.9. The van der Waals surface area contributed by atoms with E-state index >= 15 is 0 Å². The Balaban J connectivity index is 1.52. The fourth-order valence-electron chi connectivity index (χ4n) is 5.15. The molecule has 0 bridgehead atoms. The van der Waals surface area contributed by atoms with E-state index < -0.39 is 5.41 Å². The summed E-state index contributed by atoms with van der Waals surface area (Å²) in [5.74, 6) is 1.23. The molecule has 5 rings (SSSR count). The van der Waals surface area contributed by atoms with Crippen LogP contribution in [0.15, 0.2) is 53.5 Å². The number of nitrogens with one attached hydrogen (secondary N) is 1. The van der Waals surface area contributed by atoms with Gasteiger partial charge in [-0.2, -0.15) is 0 Å². The van der Waals surface area contributed by atoms with Crippen molar-refractivity contribution in [3.8, 4) is 5.75 Å². The molecule has 1 saturated carbocycles. The first-order valence-corrected chi connectivity index (χ1v) is 12.6. The van der Waals surface area contributed by atoms with Gasteiger partial charge >= 0.3 is 0 Å². The van der Waals surface area contributed by atoms with Gasteiger partial charge in [0.2, 0.25) is 11.8 Å². The molecule has 7 heteroatoms. The molecule has 1 saturated heterocycles. The first-order valence-electron chi connectivity index (χ1n) is 12.6. The molecule has 2 fully saturated rings. The zero-order valence-corrected chi connectivity index (χ0v) is 20.5. The van der Waals surface area contributed by atoms with Crippen LogP contribution in [0.3, 0.4) is 0 Å². The molecule has 2 aromatic carbocycles. The van der Waals surface area contributed by atoms with Gasteiger partial charge in [-0.1, -0.05) is 24.6 Å². The van der Waals surface area contributed by atoms with Crippen LogP contribution in [0.5, 0.6) is 5.75 Å². The normalized spacial score (nSPS) is 20.3. The van der Waals surface area contributed by atoms with Crippen molar-refractivity contribution in [1.82, 2.24) is 4.90 Å². The summed E-state index contributed by atoms with van der Waals surface area (Å²) in [7, 11) is 2.13. The predicted molar refractivity (Wildman–Crippen MR) is 139 cm³/mol.